The highest BCUT2D eigenvalue weighted by Crippen LogP contribution is 2.67. The Labute approximate surface area is 214 Å². The molecule has 0 aliphatic heterocycles. The molecule has 4 aliphatic rings. The van der Waals surface area contributed by atoms with Gasteiger partial charge in [0.1, 0.15) is 5.78 Å². The van der Waals surface area contributed by atoms with Crippen LogP contribution in [0.3, 0.4) is 0 Å². The topological polar surface area (TPSA) is 66.4 Å². The molecular formula is C31H53NO3. The smallest absolute Gasteiger partial charge is 0.220 e. The Morgan fingerprint density at radius 3 is 2.49 bits per heavy atom. The lowest BCUT2D eigenvalue weighted by atomic mass is 9.42. The predicted octanol–water partition coefficient (Wildman–Crippen LogP) is 6.69. The lowest BCUT2D eigenvalue weighted by Crippen LogP contribution is -2.57. The third-order valence-electron chi connectivity index (χ3n) is 11.3. The minimum Gasteiger partial charge on any atom is -0.393 e. The molecule has 0 aromatic carbocycles. The summed E-state index contributed by atoms with van der Waals surface area (Å²) in [7, 11) is 0. The summed E-state index contributed by atoms with van der Waals surface area (Å²) in [5, 5.41) is 13.9. The molecule has 1 amide bonds. The van der Waals surface area contributed by atoms with Crippen molar-refractivity contribution < 1.29 is 14.7 Å². The Morgan fingerprint density at radius 2 is 1.71 bits per heavy atom. The first-order chi connectivity index (χ1) is 16.6. The number of hydrogen-bond donors (Lipinski definition) is 2. The first kappa shape index (κ1) is 27.1. The van der Waals surface area contributed by atoms with Gasteiger partial charge in [0.05, 0.1) is 6.10 Å². The molecular weight excluding hydrogens is 434 g/mol. The Morgan fingerprint density at radius 1 is 1.00 bits per heavy atom. The number of unbranched alkanes of at least 4 members (excludes halogenated alkanes) is 4. The summed E-state index contributed by atoms with van der Waals surface area (Å²) < 4.78 is 0. The molecule has 4 saturated carbocycles. The molecule has 0 spiro atoms. The summed E-state index contributed by atoms with van der Waals surface area (Å²) in [6.45, 7) is 9.96. The van der Waals surface area contributed by atoms with Gasteiger partial charge in [0.15, 0.2) is 0 Å². The van der Waals surface area contributed by atoms with Gasteiger partial charge in [0, 0.05) is 25.8 Å². The van der Waals surface area contributed by atoms with Gasteiger partial charge in [-0.3, -0.25) is 9.59 Å². The Bertz CT molecular complexity index is 750. The van der Waals surface area contributed by atoms with Gasteiger partial charge >= 0.3 is 0 Å². The molecule has 0 aromatic heterocycles. The number of hydrogen-bond acceptors (Lipinski definition) is 3. The van der Waals surface area contributed by atoms with Crippen LogP contribution < -0.4 is 5.32 Å². The maximum atomic E-state index is 12.4. The van der Waals surface area contributed by atoms with Crippen LogP contribution in [0.25, 0.3) is 0 Å². The predicted molar refractivity (Wildman–Crippen MR) is 142 cm³/mol. The van der Waals surface area contributed by atoms with E-state index in [1.807, 2.05) is 0 Å². The zero-order chi connectivity index (χ0) is 25.2. The first-order valence-electron chi connectivity index (χ1n) is 15.1. The number of aliphatic hydroxyl groups excluding tert-OH is 1. The van der Waals surface area contributed by atoms with Crippen LogP contribution in [0.2, 0.25) is 0 Å². The fraction of sp³-hybridized carbons (Fsp3) is 0.935. The number of nitrogens with one attached hydrogen (secondary N) is 1. The molecule has 8 atom stereocenters. The molecule has 0 heterocycles. The molecule has 0 saturated heterocycles. The van der Waals surface area contributed by atoms with Crippen molar-refractivity contribution in [2.24, 2.45) is 46.3 Å². The highest BCUT2D eigenvalue weighted by Gasteiger charge is 2.62. The fourth-order valence-electron chi connectivity index (χ4n) is 9.12. The molecule has 4 aliphatic carbocycles. The second-order valence-electron chi connectivity index (χ2n) is 13.9. The minimum atomic E-state index is -0.120. The fourth-order valence-corrected chi connectivity index (χ4v) is 9.12. The van der Waals surface area contributed by atoms with E-state index >= 15 is 0 Å². The van der Waals surface area contributed by atoms with E-state index in [9.17, 15) is 14.7 Å². The molecule has 4 rings (SSSR count). The van der Waals surface area contributed by atoms with Crippen molar-refractivity contribution in [3.8, 4) is 0 Å². The van der Waals surface area contributed by atoms with E-state index in [4.69, 9.17) is 0 Å². The van der Waals surface area contributed by atoms with Crippen LogP contribution in [0.15, 0.2) is 0 Å². The number of ketones is 1. The van der Waals surface area contributed by atoms with E-state index < -0.39 is 0 Å². The van der Waals surface area contributed by atoms with Crippen LogP contribution in [0.1, 0.15) is 124 Å². The van der Waals surface area contributed by atoms with Crippen molar-refractivity contribution >= 4 is 11.7 Å². The second kappa shape index (κ2) is 11.2. The molecule has 200 valence electrons. The van der Waals surface area contributed by atoms with Gasteiger partial charge in [-0.1, -0.05) is 59.8 Å². The Balaban J connectivity index is 1.31. The number of aliphatic hydroxyl groups is 1. The van der Waals surface area contributed by atoms with Crippen LogP contribution in [0.5, 0.6) is 0 Å². The van der Waals surface area contributed by atoms with Gasteiger partial charge in [0.2, 0.25) is 5.91 Å². The summed E-state index contributed by atoms with van der Waals surface area (Å²) in [5.41, 5.74) is 0.448. The Kier molecular flexibility index (Phi) is 8.71. The zero-order valence-electron chi connectivity index (χ0n) is 23.1. The number of amides is 1. The van der Waals surface area contributed by atoms with Crippen molar-refractivity contribution in [3.05, 3.63) is 0 Å². The quantitative estimate of drug-likeness (QED) is 0.337. The minimum absolute atomic E-state index is 0.114. The SMILES string of the molecule is CC(C)CNC(=O)CCCCCCCC1CC2CC(=O)CC[C@]2(C)[C@@H]2CC[C@]3(C)C(O)CC[C@H]3[C@H]12. The third kappa shape index (κ3) is 5.68. The van der Waals surface area contributed by atoms with Gasteiger partial charge in [-0.25, -0.2) is 0 Å². The van der Waals surface area contributed by atoms with E-state index in [0.717, 1.165) is 62.8 Å². The molecule has 4 fully saturated rings. The van der Waals surface area contributed by atoms with Gasteiger partial charge in [0.25, 0.3) is 0 Å². The zero-order valence-corrected chi connectivity index (χ0v) is 23.1. The van der Waals surface area contributed by atoms with E-state index in [0.29, 0.717) is 35.4 Å². The van der Waals surface area contributed by atoms with Crippen molar-refractivity contribution in [1.82, 2.24) is 5.32 Å². The van der Waals surface area contributed by atoms with E-state index in [2.05, 4.69) is 33.0 Å². The molecule has 4 heteroatoms. The second-order valence-corrected chi connectivity index (χ2v) is 13.9. The average Bonchev–Trinajstić information content (AvgIpc) is 3.12. The van der Waals surface area contributed by atoms with Gasteiger partial charge < -0.3 is 10.4 Å². The number of carbonyl (C=O) groups excluding carboxylic acids is 2. The molecule has 2 N–H and O–H groups in total. The summed E-state index contributed by atoms with van der Waals surface area (Å²) >= 11 is 0. The monoisotopic (exact) mass is 487 g/mol. The van der Waals surface area contributed by atoms with E-state index in [1.54, 1.807) is 0 Å². The van der Waals surface area contributed by atoms with E-state index in [-0.39, 0.29) is 17.4 Å². The first-order valence-corrected chi connectivity index (χ1v) is 15.1. The maximum absolute atomic E-state index is 12.4. The molecule has 0 bridgehead atoms. The third-order valence-corrected chi connectivity index (χ3v) is 11.3. The highest BCUT2D eigenvalue weighted by atomic mass is 16.3. The number of carbonyl (C=O) groups is 2. The Hall–Kier alpha value is -0.900. The number of Topliss-reactive ketones (excluding diaryl/α,β-unsaturated/α-hetero) is 1. The van der Waals surface area contributed by atoms with Crippen LogP contribution in [0.4, 0.5) is 0 Å². The van der Waals surface area contributed by atoms with Gasteiger partial charge in [-0.2, -0.15) is 0 Å². The van der Waals surface area contributed by atoms with Crippen molar-refractivity contribution in [2.45, 2.75) is 130 Å². The standard InChI is InChI=1S/C31H53NO3/c1-21(2)20-32-28(35)11-9-7-5-6-8-10-22-18-23-19-24(33)14-16-30(23,3)26-15-17-31(4)25(29(22)26)12-13-27(31)34/h21-23,25-27,29,34H,5-20H2,1-4H3,(H,32,35)/t22?,23?,25-,26+,27?,29-,30-,31-/m0/s1. The highest BCUT2D eigenvalue weighted by molar-refractivity contribution is 5.79. The molecule has 35 heavy (non-hydrogen) atoms. The van der Waals surface area contributed by atoms with Gasteiger partial charge in [-0.05, 0) is 91.3 Å². The summed E-state index contributed by atoms with van der Waals surface area (Å²) in [6.07, 6.45) is 16.3. The largest absolute Gasteiger partial charge is 0.393 e. The van der Waals surface area contributed by atoms with Crippen LogP contribution >= 0.6 is 0 Å². The van der Waals surface area contributed by atoms with E-state index in [1.165, 1.54) is 51.4 Å². The maximum Gasteiger partial charge on any atom is 0.220 e. The van der Waals surface area contributed by atoms with Gasteiger partial charge in [-0.15, -0.1) is 0 Å². The van der Waals surface area contributed by atoms with Crippen LogP contribution in [-0.4, -0.2) is 29.4 Å². The lowest BCUT2D eigenvalue weighted by molar-refractivity contribution is -0.156. The molecule has 3 unspecified atom stereocenters. The van der Waals surface area contributed by atoms with Crippen molar-refractivity contribution in [3.63, 3.8) is 0 Å². The number of rotatable bonds is 10. The lowest BCUT2D eigenvalue weighted by Gasteiger charge is -2.62. The molecule has 4 nitrogen and oxygen atoms in total. The van der Waals surface area contributed by atoms with Crippen LogP contribution in [0, 0.1) is 46.3 Å². The summed E-state index contributed by atoms with van der Waals surface area (Å²) in [6, 6.07) is 0. The van der Waals surface area contributed by atoms with Crippen molar-refractivity contribution in [1.29, 1.82) is 0 Å². The average molecular weight is 488 g/mol. The normalized spacial score (nSPS) is 40.8. The summed E-state index contributed by atoms with van der Waals surface area (Å²) in [5.74, 6) is 4.67. The molecule has 0 aromatic rings. The van der Waals surface area contributed by atoms with Crippen molar-refractivity contribution in [2.75, 3.05) is 6.54 Å². The number of fused-ring (bicyclic) bond motifs is 5. The van der Waals surface area contributed by atoms with Crippen LogP contribution in [-0.2, 0) is 9.59 Å². The molecule has 0 radical (unpaired) electrons. The summed E-state index contributed by atoms with van der Waals surface area (Å²) in [4.78, 5) is 24.4.